The number of primary amides is 1. The van der Waals surface area contributed by atoms with Gasteiger partial charge in [-0.1, -0.05) is 30.3 Å². The molecule has 4 rings (SSSR count). The predicted octanol–water partition coefficient (Wildman–Crippen LogP) is 3.57. The quantitative estimate of drug-likeness (QED) is 0.465. The fourth-order valence-electron chi connectivity index (χ4n) is 3.65. The Morgan fingerprint density at radius 2 is 1.85 bits per heavy atom. The second kappa shape index (κ2) is 10.1. The number of benzene rings is 2. The zero-order valence-corrected chi connectivity index (χ0v) is 18.5. The summed E-state index contributed by atoms with van der Waals surface area (Å²) >= 11 is 0. The average Bonchev–Trinajstić information content (AvgIpc) is 2.79. The number of hydrogen-bond acceptors (Lipinski definition) is 6. The zero-order valence-electron chi connectivity index (χ0n) is 18.5. The molecule has 0 aliphatic carbocycles. The minimum atomic E-state index is -0.574. The van der Waals surface area contributed by atoms with Crippen molar-refractivity contribution in [3.8, 4) is 0 Å². The third-order valence-electron chi connectivity index (χ3n) is 5.58. The molecule has 3 aromatic rings. The number of pyridine rings is 1. The Kier molecular flexibility index (Phi) is 6.85. The van der Waals surface area contributed by atoms with Crippen LogP contribution in [0.1, 0.15) is 38.7 Å². The van der Waals surface area contributed by atoms with Crippen LogP contribution in [0.5, 0.6) is 0 Å². The number of nitrogens with two attached hydrogens (primary N) is 1. The van der Waals surface area contributed by atoms with Crippen molar-refractivity contribution in [3.05, 3.63) is 83.6 Å². The molecule has 8 heteroatoms. The third-order valence-corrected chi connectivity index (χ3v) is 5.58. The van der Waals surface area contributed by atoms with Crippen LogP contribution in [0.4, 0.5) is 17.2 Å². The normalized spacial score (nSPS) is 13.7. The Hall–Kier alpha value is -3.91. The Morgan fingerprint density at radius 3 is 2.45 bits per heavy atom. The Morgan fingerprint density at radius 1 is 1.12 bits per heavy atom. The van der Waals surface area contributed by atoms with Crippen molar-refractivity contribution in [3.63, 3.8) is 0 Å². The van der Waals surface area contributed by atoms with E-state index in [1.54, 1.807) is 25.3 Å². The average molecular weight is 446 g/mol. The smallest absolute Gasteiger partial charge is 0.253 e. The highest BCUT2D eigenvalue weighted by Crippen LogP contribution is 2.26. The molecule has 1 aliphatic heterocycles. The first-order valence-corrected chi connectivity index (χ1v) is 10.8. The number of rotatable bonds is 9. The summed E-state index contributed by atoms with van der Waals surface area (Å²) in [5.41, 5.74) is 8.87. The van der Waals surface area contributed by atoms with Crippen molar-refractivity contribution in [2.45, 2.75) is 12.5 Å². The number of carbonyl (C=O) groups is 2. The van der Waals surface area contributed by atoms with Crippen LogP contribution >= 0.6 is 0 Å². The summed E-state index contributed by atoms with van der Waals surface area (Å²) in [6.07, 6.45) is 2.51. The fourth-order valence-corrected chi connectivity index (χ4v) is 3.65. The lowest BCUT2D eigenvalue weighted by molar-refractivity contribution is 0.0651. The van der Waals surface area contributed by atoms with Gasteiger partial charge < -0.3 is 26.0 Å². The first kappa shape index (κ1) is 22.3. The number of aromatic nitrogens is 1. The number of nitrogens with zero attached hydrogens (tertiary/aromatic N) is 2. The van der Waals surface area contributed by atoms with Crippen molar-refractivity contribution >= 4 is 29.0 Å². The lowest BCUT2D eigenvalue weighted by Crippen LogP contribution is -2.41. The van der Waals surface area contributed by atoms with Crippen LogP contribution in [0.25, 0.3) is 0 Å². The van der Waals surface area contributed by atoms with Crippen LogP contribution in [0.3, 0.4) is 0 Å². The van der Waals surface area contributed by atoms with Crippen molar-refractivity contribution in [1.29, 1.82) is 0 Å². The maximum Gasteiger partial charge on any atom is 0.253 e. The summed E-state index contributed by atoms with van der Waals surface area (Å²) in [5, 5.41) is 6.59. The number of anilines is 3. The molecule has 0 saturated carbocycles. The molecular formula is C25H27N5O3. The van der Waals surface area contributed by atoms with Crippen molar-refractivity contribution in [2.24, 2.45) is 5.73 Å². The molecule has 1 atom stereocenters. The summed E-state index contributed by atoms with van der Waals surface area (Å²) in [5.74, 6) is 0.0107. The summed E-state index contributed by atoms with van der Waals surface area (Å²) < 4.78 is 5.38. The van der Waals surface area contributed by atoms with E-state index in [4.69, 9.17) is 10.5 Å². The maximum atomic E-state index is 12.3. The summed E-state index contributed by atoms with van der Waals surface area (Å²) in [4.78, 5) is 30.5. The predicted molar refractivity (Wildman–Crippen MR) is 128 cm³/mol. The van der Waals surface area contributed by atoms with Crippen LogP contribution in [0, 0.1) is 0 Å². The maximum absolute atomic E-state index is 12.3. The first-order valence-electron chi connectivity index (χ1n) is 10.8. The van der Waals surface area contributed by atoms with E-state index in [0.717, 1.165) is 30.8 Å². The lowest BCUT2D eigenvalue weighted by atomic mass is 10.1. The van der Waals surface area contributed by atoms with Crippen molar-refractivity contribution < 1.29 is 14.3 Å². The molecule has 0 bridgehead atoms. The van der Waals surface area contributed by atoms with E-state index in [0.29, 0.717) is 23.7 Å². The standard InChI is InChI=1S/C25H27N5O3/c1-33-16-22(17-6-3-2-4-7-17)29-21-14-23(27-15-20(21)24(26)31)28-19-10-8-18(9-11-19)25(32)30-12-5-13-30/h2-4,6-11,14-15,22H,5,12-13,16H2,1H3,(H2,26,31)(H2,27,28,29)/t22-/m1/s1. The minimum absolute atomic E-state index is 0.0494. The van der Waals surface area contributed by atoms with Gasteiger partial charge in [0.1, 0.15) is 5.82 Å². The number of likely N-dealkylation sites (tertiary alicyclic amines) is 1. The molecule has 1 fully saturated rings. The van der Waals surface area contributed by atoms with Gasteiger partial charge in [0.05, 0.1) is 23.9 Å². The van der Waals surface area contributed by atoms with Crippen molar-refractivity contribution in [2.75, 3.05) is 37.4 Å². The molecule has 170 valence electrons. The van der Waals surface area contributed by atoms with Crippen LogP contribution in [0.2, 0.25) is 0 Å². The van der Waals surface area contributed by atoms with Crippen LogP contribution < -0.4 is 16.4 Å². The van der Waals surface area contributed by atoms with Gasteiger partial charge in [-0.25, -0.2) is 4.98 Å². The molecular weight excluding hydrogens is 418 g/mol. The number of methoxy groups -OCH3 is 1. The molecule has 0 unspecified atom stereocenters. The van der Waals surface area contributed by atoms with Gasteiger partial charge in [-0.2, -0.15) is 0 Å². The summed E-state index contributed by atoms with van der Waals surface area (Å²) in [6, 6.07) is 18.6. The molecule has 2 amide bonds. The van der Waals surface area contributed by atoms with E-state index in [9.17, 15) is 9.59 Å². The molecule has 8 nitrogen and oxygen atoms in total. The second-order valence-electron chi connectivity index (χ2n) is 7.89. The third kappa shape index (κ3) is 5.30. The molecule has 2 heterocycles. The van der Waals surface area contributed by atoms with E-state index in [1.165, 1.54) is 6.20 Å². The Balaban J connectivity index is 1.54. The number of amides is 2. The second-order valence-corrected chi connectivity index (χ2v) is 7.89. The van der Waals surface area contributed by atoms with Gasteiger partial charge in [0.15, 0.2) is 0 Å². The SMILES string of the molecule is COC[C@@H](Nc1cc(Nc2ccc(C(=O)N3CCC3)cc2)ncc1C(N)=O)c1ccccc1. The van der Waals surface area contributed by atoms with Gasteiger partial charge in [0.2, 0.25) is 0 Å². The van der Waals surface area contributed by atoms with Gasteiger partial charge in [-0.15, -0.1) is 0 Å². The molecule has 2 aromatic carbocycles. The molecule has 0 spiro atoms. The van der Waals surface area contributed by atoms with E-state index in [1.807, 2.05) is 47.4 Å². The number of carbonyl (C=O) groups excluding carboxylic acids is 2. The van der Waals surface area contributed by atoms with Gasteiger partial charge >= 0.3 is 0 Å². The van der Waals surface area contributed by atoms with Crippen LogP contribution in [-0.4, -0.2) is 48.5 Å². The lowest BCUT2D eigenvalue weighted by Gasteiger charge is -2.30. The minimum Gasteiger partial charge on any atom is -0.382 e. The van der Waals surface area contributed by atoms with Crippen LogP contribution in [-0.2, 0) is 4.74 Å². The molecule has 0 radical (unpaired) electrons. The fraction of sp³-hybridized carbons (Fsp3) is 0.240. The molecule has 1 aromatic heterocycles. The first-order chi connectivity index (χ1) is 16.0. The Labute approximate surface area is 192 Å². The number of nitrogens with one attached hydrogen (secondary N) is 2. The van der Waals surface area contributed by atoms with Crippen LogP contribution in [0.15, 0.2) is 66.9 Å². The van der Waals surface area contributed by atoms with Gasteiger partial charge in [0.25, 0.3) is 11.8 Å². The molecule has 4 N–H and O–H groups in total. The topological polar surface area (TPSA) is 110 Å². The van der Waals surface area contributed by atoms with Gasteiger partial charge in [-0.05, 0) is 36.2 Å². The van der Waals surface area contributed by atoms with E-state index in [-0.39, 0.29) is 17.5 Å². The summed E-state index contributed by atoms with van der Waals surface area (Å²) in [6.45, 7) is 2.04. The number of ether oxygens (including phenoxy) is 1. The highest BCUT2D eigenvalue weighted by molar-refractivity contribution is 5.99. The van der Waals surface area contributed by atoms with Gasteiger partial charge in [0, 0.05) is 43.7 Å². The zero-order chi connectivity index (χ0) is 23.2. The summed E-state index contributed by atoms with van der Waals surface area (Å²) in [7, 11) is 1.63. The van der Waals surface area contributed by atoms with E-state index in [2.05, 4.69) is 15.6 Å². The van der Waals surface area contributed by atoms with E-state index >= 15 is 0 Å². The molecule has 1 aliphatic rings. The molecule has 33 heavy (non-hydrogen) atoms. The van der Waals surface area contributed by atoms with Crippen molar-refractivity contribution in [1.82, 2.24) is 9.88 Å². The van der Waals surface area contributed by atoms with E-state index < -0.39 is 5.91 Å². The Bertz CT molecular complexity index is 1110. The highest BCUT2D eigenvalue weighted by atomic mass is 16.5. The number of hydrogen-bond donors (Lipinski definition) is 3. The molecule has 1 saturated heterocycles. The van der Waals surface area contributed by atoms with Gasteiger partial charge in [-0.3, -0.25) is 9.59 Å². The largest absolute Gasteiger partial charge is 0.382 e. The monoisotopic (exact) mass is 445 g/mol. The highest BCUT2D eigenvalue weighted by Gasteiger charge is 2.21.